The zero-order chi connectivity index (χ0) is 16.0. The molecule has 1 fully saturated rings. The van der Waals surface area contributed by atoms with Gasteiger partial charge in [0.1, 0.15) is 0 Å². The summed E-state index contributed by atoms with van der Waals surface area (Å²) in [5.41, 5.74) is 0. The summed E-state index contributed by atoms with van der Waals surface area (Å²) in [5, 5.41) is 3.20. The molecule has 2 atom stereocenters. The van der Waals surface area contributed by atoms with Crippen LogP contribution in [0, 0.1) is 0 Å². The van der Waals surface area contributed by atoms with Crippen LogP contribution in [0.1, 0.15) is 0 Å². The van der Waals surface area contributed by atoms with Crippen LogP contribution < -0.4 is 0 Å². The summed E-state index contributed by atoms with van der Waals surface area (Å²) in [6.45, 7) is 0. The zero-order valence-corrected chi connectivity index (χ0v) is 17.3. The molecule has 0 aromatic rings. The van der Waals surface area contributed by atoms with E-state index in [2.05, 4.69) is 21.2 Å². The molecule has 1 saturated heterocycles. The maximum atomic E-state index is 7.04. The van der Waals surface area contributed by atoms with Crippen LogP contribution in [-0.2, 0) is 0 Å². The second-order valence-corrected chi connectivity index (χ2v) is 20.0. The lowest BCUT2D eigenvalue weighted by Gasteiger charge is -2.57. The Morgan fingerprint density at radius 1 is 0.762 bits per heavy atom. The molecule has 1 aliphatic rings. The lowest BCUT2D eigenvalue weighted by atomic mass is 10.9. The van der Waals surface area contributed by atoms with Crippen LogP contribution >= 0.6 is 49.9 Å². The molecule has 3 nitrogen and oxygen atoms in total. The third kappa shape index (κ3) is 6.34. The van der Waals surface area contributed by atoms with Gasteiger partial charge in [-0.15, -0.1) is 18.5 Å². The quantitative estimate of drug-likeness (QED) is 0.604. The van der Waals surface area contributed by atoms with Gasteiger partial charge in [-0.1, -0.05) is 21.4 Å². The number of hydrogen-bond donors (Lipinski definition) is 0. The molecular formula is C13H27Cl2N3S3. The van der Waals surface area contributed by atoms with Gasteiger partial charge in [0.15, 0.2) is 0 Å². The van der Waals surface area contributed by atoms with E-state index in [1.165, 1.54) is 0 Å². The summed E-state index contributed by atoms with van der Waals surface area (Å²) in [4.78, 5) is 12.4. The van der Waals surface area contributed by atoms with E-state index in [1.807, 2.05) is 39.8 Å². The number of rotatable bonds is 6. The molecule has 0 saturated carbocycles. The van der Waals surface area contributed by atoms with Crippen molar-refractivity contribution in [2.45, 2.75) is 0 Å². The number of aliphatic imine (C=N–C) groups is 3. The lowest BCUT2D eigenvalue weighted by Crippen LogP contribution is -2.30. The Morgan fingerprint density at radius 2 is 1.14 bits per heavy atom. The molecule has 0 amide bonds. The first-order valence-electron chi connectivity index (χ1n) is 6.66. The van der Waals surface area contributed by atoms with Crippen molar-refractivity contribution in [3.63, 3.8) is 0 Å². The van der Waals surface area contributed by atoms with Crippen LogP contribution in [0.5, 0.6) is 0 Å². The number of halogens is 2. The zero-order valence-electron chi connectivity index (χ0n) is 13.3. The fourth-order valence-corrected chi connectivity index (χ4v) is 27.6. The van der Waals surface area contributed by atoms with Crippen molar-refractivity contribution in [3.8, 4) is 0 Å². The van der Waals surface area contributed by atoms with Gasteiger partial charge in [0.2, 0.25) is 0 Å². The summed E-state index contributed by atoms with van der Waals surface area (Å²) in [7, 11) is 16.2. The summed E-state index contributed by atoms with van der Waals surface area (Å²) < 4.78 is 0. The van der Waals surface area contributed by atoms with Gasteiger partial charge < -0.3 is 15.0 Å². The molecule has 0 bridgehead atoms. The maximum Gasteiger partial charge on any atom is 0.0346 e. The predicted octanol–water partition coefficient (Wildman–Crippen LogP) is 4.33. The summed E-state index contributed by atoms with van der Waals surface area (Å²) in [6.07, 6.45) is 8.35. The van der Waals surface area contributed by atoms with Gasteiger partial charge in [-0.3, -0.25) is 0 Å². The Kier molecular flexibility index (Phi) is 7.95. The van der Waals surface area contributed by atoms with E-state index >= 15 is 0 Å². The van der Waals surface area contributed by atoms with Crippen molar-refractivity contribution in [1.82, 2.24) is 0 Å². The molecule has 0 radical (unpaired) electrons. The molecule has 1 aliphatic heterocycles. The van der Waals surface area contributed by atoms with E-state index in [9.17, 15) is 0 Å². The van der Waals surface area contributed by atoms with E-state index in [-0.39, 0.29) is 0 Å². The van der Waals surface area contributed by atoms with E-state index in [4.69, 9.17) is 21.4 Å². The average molecular weight is 392 g/mol. The second-order valence-electron chi connectivity index (χ2n) is 5.53. The average Bonchev–Trinajstić information content (AvgIpc) is 2.39. The fourth-order valence-electron chi connectivity index (χ4n) is 2.46. The first-order chi connectivity index (χ1) is 9.80. The minimum atomic E-state index is -1.24. The largest absolute Gasteiger partial charge is 0.300 e. The van der Waals surface area contributed by atoms with Crippen LogP contribution in [0.2, 0.25) is 0 Å². The van der Waals surface area contributed by atoms with Crippen LogP contribution in [0.15, 0.2) is 15.0 Å². The molecule has 1 heterocycles. The molecule has 0 aromatic heterocycles. The van der Waals surface area contributed by atoms with E-state index < -0.39 is 28.5 Å². The van der Waals surface area contributed by atoms with E-state index in [1.54, 1.807) is 0 Å². The van der Waals surface area contributed by atoms with Crippen LogP contribution in [-0.4, -0.2) is 78.6 Å². The highest BCUT2D eigenvalue weighted by Crippen LogP contribution is 2.80. The van der Waals surface area contributed by atoms with Crippen LogP contribution in [0.4, 0.5) is 0 Å². The smallest absolute Gasteiger partial charge is 0.0346 e. The molecule has 0 aliphatic carbocycles. The molecule has 0 aromatic carbocycles. The first kappa shape index (κ1) is 19.7. The third-order valence-electron chi connectivity index (χ3n) is 3.18. The van der Waals surface area contributed by atoms with Gasteiger partial charge in [0.25, 0.3) is 0 Å². The normalized spacial score (nSPS) is 47.1. The highest BCUT2D eigenvalue weighted by molar-refractivity contribution is 8.74. The van der Waals surface area contributed by atoms with Crippen molar-refractivity contribution in [1.29, 1.82) is 0 Å². The Labute approximate surface area is 143 Å². The standard InChI is InChI=1S/C13H27Cl2N3S3/c1-16-5-8-19(4)11-20(14,9-6-17-2)13-21(15,12-19)10-7-18-3/h5-7H,8-13H2,1-4H3. The molecule has 1 rings (SSSR count). The topological polar surface area (TPSA) is 37.1 Å². The first-order valence-corrected chi connectivity index (χ1v) is 15.1. The minimum absolute atomic E-state index is 0.841. The monoisotopic (exact) mass is 391 g/mol. The van der Waals surface area contributed by atoms with Crippen LogP contribution in [0.25, 0.3) is 0 Å². The molecule has 8 heteroatoms. The Bertz CT molecular complexity index is 359. The summed E-state index contributed by atoms with van der Waals surface area (Å²) in [6, 6.07) is 0. The van der Waals surface area contributed by atoms with Gasteiger partial charge in [-0.05, 0) is 6.26 Å². The molecule has 21 heavy (non-hydrogen) atoms. The second kappa shape index (κ2) is 8.48. The summed E-state index contributed by atoms with van der Waals surface area (Å²) >= 11 is 0. The van der Waals surface area contributed by atoms with Crippen molar-refractivity contribution in [2.24, 2.45) is 15.0 Å². The molecule has 2 unspecified atom stereocenters. The highest BCUT2D eigenvalue weighted by Gasteiger charge is 2.43. The number of nitrogens with zero attached hydrogens (tertiary/aromatic N) is 3. The van der Waals surface area contributed by atoms with Crippen molar-refractivity contribution < 1.29 is 0 Å². The van der Waals surface area contributed by atoms with E-state index in [0.717, 1.165) is 32.5 Å². The number of hydrogen-bond acceptors (Lipinski definition) is 3. The molecular weight excluding hydrogens is 365 g/mol. The van der Waals surface area contributed by atoms with Crippen molar-refractivity contribution in [2.75, 3.05) is 59.9 Å². The third-order valence-corrected chi connectivity index (χ3v) is 20.9. The summed E-state index contributed by atoms with van der Waals surface area (Å²) in [5.74, 6) is 2.78. The Morgan fingerprint density at radius 3 is 1.52 bits per heavy atom. The maximum absolute atomic E-state index is 7.04. The van der Waals surface area contributed by atoms with Gasteiger partial charge in [-0.2, -0.15) is 0 Å². The van der Waals surface area contributed by atoms with Gasteiger partial charge in [0, 0.05) is 72.3 Å². The minimum Gasteiger partial charge on any atom is -0.300 e. The Hall–Kier alpha value is 0.640. The Balaban J connectivity index is 3.02. The predicted molar refractivity (Wildman–Crippen MR) is 113 cm³/mol. The molecule has 126 valence electrons. The van der Waals surface area contributed by atoms with Crippen molar-refractivity contribution in [3.05, 3.63) is 0 Å². The van der Waals surface area contributed by atoms with Crippen LogP contribution in [0.3, 0.4) is 0 Å². The van der Waals surface area contributed by atoms with Gasteiger partial charge in [-0.25, -0.2) is 10.0 Å². The lowest BCUT2D eigenvalue weighted by molar-refractivity contribution is 1.46. The fraction of sp³-hybridized carbons (Fsp3) is 0.769. The van der Waals surface area contributed by atoms with E-state index in [0.29, 0.717) is 0 Å². The SMILES string of the molecule is CN=CCS1(C)CS(Cl)(CC=NC)CS(Cl)(CC=NC)C1. The molecule has 0 spiro atoms. The molecule has 0 N–H and O–H groups in total. The van der Waals surface area contributed by atoms with Gasteiger partial charge >= 0.3 is 0 Å². The highest BCUT2D eigenvalue weighted by atomic mass is 35.7. The van der Waals surface area contributed by atoms with Crippen molar-refractivity contribution >= 4 is 68.5 Å². The van der Waals surface area contributed by atoms with Gasteiger partial charge in [0.05, 0.1) is 0 Å².